The Morgan fingerprint density at radius 3 is 0.850 bits per heavy atom. The first kappa shape index (κ1) is 22.9. The highest BCUT2D eigenvalue weighted by Crippen LogP contribution is 2.53. The van der Waals surface area contributed by atoms with Crippen LogP contribution in [0, 0.1) is 0 Å². The van der Waals surface area contributed by atoms with Crippen LogP contribution in [-0.4, -0.2) is 9.13 Å². The van der Waals surface area contributed by atoms with Crippen molar-refractivity contribution in [3.63, 3.8) is 0 Å². The summed E-state index contributed by atoms with van der Waals surface area (Å²) in [5.74, 6) is 0. The number of hydrogen-bond donors (Lipinski definition) is 0. The summed E-state index contributed by atoms with van der Waals surface area (Å²) in [4.78, 5) is 102. The van der Waals surface area contributed by atoms with Gasteiger partial charge in [0.2, 0.25) is 0 Å². The van der Waals surface area contributed by atoms with Gasteiger partial charge in [-0.25, -0.2) is 19.2 Å². The van der Waals surface area contributed by atoms with Crippen LogP contribution in [0.15, 0.2) is 71.5 Å². The third kappa shape index (κ3) is 2.51. The lowest BCUT2D eigenvalue weighted by Crippen LogP contribution is -2.59. The van der Waals surface area contributed by atoms with Gasteiger partial charge in [0.1, 0.15) is 0 Å². The van der Waals surface area contributed by atoms with E-state index >= 15 is 0 Å². The summed E-state index contributed by atoms with van der Waals surface area (Å²) in [6.45, 7) is 0. The van der Waals surface area contributed by atoms with E-state index in [2.05, 4.69) is 8.83 Å². The molecule has 0 atom stereocenters. The molecule has 0 aliphatic heterocycles. The van der Waals surface area contributed by atoms with E-state index in [0.29, 0.717) is 38.5 Å². The molecule has 0 unspecified atom stereocenters. The van der Waals surface area contributed by atoms with Crippen LogP contribution < -0.4 is 44.7 Å². The Morgan fingerprint density at radius 1 is 0.400 bits per heavy atom. The zero-order valence-electron chi connectivity index (χ0n) is 20.5. The normalized spacial score (nSPS) is 22.9. The van der Waals surface area contributed by atoms with E-state index < -0.39 is 55.8 Å². The summed E-state index contributed by atoms with van der Waals surface area (Å²) in [5, 5.41) is -0.0712. The van der Waals surface area contributed by atoms with Gasteiger partial charge in [0.15, 0.2) is 0 Å². The lowest BCUT2D eigenvalue weighted by molar-refractivity contribution is 0.00258. The van der Waals surface area contributed by atoms with E-state index in [1.807, 2.05) is 0 Å². The van der Waals surface area contributed by atoms with Gasteiger partial charge in [-0.2, -0.15) is 0 Å². The van der Waals surface area contributed by atoms with Crippen molar-refractivity contribution >= 4 is 43.1 Å². The lowest BCUT2D eigenvalue weighted by Gasteiger charge is -2.53. The van der Waals surface area contributed by atoms with Crippen molar-refractivity contribution in [2.75, 3.05) is 0 Å². The minimum absolute atomic E-state index is 0.0358. The molecule has 3 fully saturated rings. The Kier molecular flexibility index (Phi) is 3.98. The molecule has 0 saturated heterocycles. The highest BCUT2D eigenvalue weighted by atomic mass is 16.4. The quantitative estimate of drug-likeness (QED) is 0.295. The van der Waals surface area contributed by atoms with E-state index in [1.165, 1.54) is 33.4 Å². The first-order valence-electron chi connectivity index (χ1n) is 12.7. The molecule has 0 radical (unpaired) electrons. The largest absolute Gasteiger partial charge is 0.386 e. The third-order valence-corrected chi connectivity index (χ3v) is 9.42. The second kappa shape index (κ2) is 6.95. The summed E-state index contributed by atoms with van der Waals surface area (Å²) in [6.07, 6.45) is 2.05. The Hall–Kier alpha value is -5.00. The lowest BCUT2D eigenvalue weighted by atomic mass is 9.61. The number of furan rings is 2. The van der Waals surface area contributed by atoms with Gasteiger partial charge in [0, 0.05) is 0 Å². The molecule has 3 aliphatic rings. The fourth-order valence-corrected chi connectivity index (χ4v) is 7.32. The molecule has 0 N–H and O–H groups in total. The minimum Gasteiger partial charge on any atom is -0.386 e. The molecule has 4 aromatic heterocycles. The summed E-state index contributed by atoms with van der Waals surface area (Å²) in [7, 11) is 0. The summed E-state index contributed by atoms with van der Waals surface area (Å²) in [5.41, 5.74) is -7.40. The van der Waals surface area contributed by atoms with Gasteiger partial charge >= 0.3 is 22.5 Å². The number of fused-ring (bicyclic) bond motifs is 7. The van der Waals surface area contributed by atoms with Crippen molar-refractivity contribution in [1.82, 2.24) is 9.13 Å². The van der Waals surface area contributed by atoms with Crippen LogP contribution in [0.3, 0.4) is 0 Å². The fourth-order valence-electron chi connectivity index (χ4n) is 7.32. The first-order valence-corrected chi connectivity index (χ1v) is 12.7. The molecule has 12 nitrogen and oxygen atoms in total. The monoisotopic (exact) mass is 540 g/mol. The standard InChI is InChI=1S/C28H16N2O10/c31-19-11-7-15-16(24(36)39-23(15)35)8-12(11)20(32)29(19)27-1-2-28(5-3-27,6-4-27)30-21(33)13-9-17-18(10-14(13)22(30)34)26(38)40-25(17)37/h7-10H,1-6H2. The van der Waals surface area contributed by atoms with Crippen molar-refractivity contribution < 1.29 is 8.83 Å². The average Bonchev–Trinajstić information content (AvgIpc) is 3.57. The van der Waals surface area contributed by atoms with Crippen molar-refractivity contribution in [3.05, 3.63) is 107 Å². The Balaban J connectivity index is 1.25. The molecule has 198 valence electrons. The smallest absolute Gasteiger partial charge is 0.346 e. The van der Waals surface area contributed by atoms with Gasteiger partial charge in [0.25, 0.3) is 22.2 Å². The Bertz CT molecular complexity index is 2220. The predicted molar refractivity (Wildman–Crippen MR) is 142 cm³/mol. The fraction of sp³-hybridized carbons (Fsp3) is 0.286. The highest BCUT2D eigenvalue weighted by Gasteiger charge is 2.53. The molecule has 4 heterocycles. The average molecular weight is 540 g/mol. The maximum atomic E-state index is 13.5. The summed E-state index contributed by atoms with van der Waals surface area (Å²) in [6, 6.07) is 4.95. The van der Waals surface area contributed by atoms with Crippen molar-refractivity contribution in [3.8, 4) is 0 Å². The first-order chi connectivity index (χ1) is 19.0. The van der Waals surface area contributed by atoms with Gasteiger partial charge in [-0.15, -0.1) is 0 Å². The van der Waals surface area contributed by atoms with Crippen LogP contribution in [0.5, 0.6) is 0 Å². The van der Waals surface area contributed by atoms with E-state index in [0.717, 1.165) is 0 Å². The second-order valence-corrected chi connectivity index (χ2v) is 11.1. The molecule has 3 saturated carbocycles. The zero-order chi connectivity index (χ0) is 27.9. The second-order valence-electron chi connectivity index (χ2n) is 11.1. The van der Waals surface area contributed by atoms with Crippen molar-refractivity contribution in [2.24, 2.45) is 0 Å². The minimum atomic E-state index is -0.868. The van der Waals surface area contributed by atoms with Crippen molar-refractivity contribution in [1.29, 1.82) is 0 Å². The van der Waals surface area contributed by atoms with Gasteiger partial charge in [-0.1, -0.05) is 0 Å². The predicted octanol–water partition coefficient (Wildman–Crippen LogP) is 0.180. The van der Waals surface area contributed by atoms with Gasteiger partial charge < -0.3 is 8.83 Å². The van der Waals surface area contributed by atoms with E-state index in [-0.39, 0.29) is 43.1 Å². The van der Waals surface area contributed by atoms with Crippen LogP contribution >= 0.6 is 0 Å². The van der Waals surface area contributed by atoms with E-state index in [1.54, 1.807) is 0 Å². The number of hydrogen-bond acceptors (Lipinski definition) is 10. The van der Waals surface area contributed by atoms with Gasteiger partial charge in [-0.3, -0.25) is 28.3 Å². The molecule has 9 rings (SSSR count). The zero-order valence-corrected chi connectivity index (χ0v) is 20.5. The molecule has 3 aliphatic carbocycles. The summed E-state index contributed by atoms with van der Waals surface area (Å²) >= 11 is 0. The maximum absolute atomic E-state index is 13.5. The molecule has 2 bridgehead atoms. The molecule has 0 spiro atoms. The molecule has 40 heavy (non-hydrogen) atoms. The van der Waals surface area contributed by atoms with Crippen molar-refractivity contribution in [2.45, 2.75) is 49.6 Å². The highest BCUT2D eigenvalue weighted by molar-refractivity contribution is 5.98. The molecular formula is C28H16N2O10. The number of benzene rings is 2. The Labute approximate surface area is 218 Å². The Morgan fingerprint density at radius 2 is 0.625 bits per heavy atom. The van der Waals surface area contributed by atoms with Gasteiger partial charge in [-0.05, 0) is 62.8 Å². The number of rotatable bonds is 2. The van der Waals surface area contributed by atoms with E-state index in [4.69, 9.17) is 0 Å². The van der Waals surface area contributed by atoms with Crippen LogP contribution in [0.4, 0.5) is 0 Å². The molecule has 2 aromatic carbocycles. The SMILES string of the molecule is O=c1oc(=O)c2cc3c(=O)n(C45CCC(n6c(=O)c7cc8c(=O)oc(=O)c8cc7c6=O)(CC4)CC5)c(=O)c3cc12. The van der Waals surface area contributed by atoms with Gasteiger partial charge in [0.05, 0.1) is 54.2 Å². The van der Waals surface area contributed by atoms with Crippen LogP contribution in [-0.2, 0) is 11.1 Å². The molecule has 6 aromatic rings. The third-order valence-electron chi connectivity index (χ3n) is 9.42. The number of aromatic nitrogens is 2. The van der Waals surface area contributed by atoms with Crippen LogP contribution in [0.1, 0.15) is 38.5 Å². The maximum Gasteiger partial charge on any atom is 0.346 e. The van der Waals surface area contributed by atoms with E-state index in [9.17, 15) is 38.4 Å². The van der Waals surface area contributed by atoms with Crippen LogP contribution in [0.2, 0.25) is 0 Å². The topological polar surface area (TPSA) is 173 Å². The molecular weight excluding hydrogens is 524 g/mol. The molecule has 12 heteroatoms. The molecule has 0 amide bonds. The number of nitrogens with zero attached hydrogens (tertiary/aromatic N) is 2. The van der Waals surface area contributed by atoms with Crippen LogP contribution in [0.25, 0.3) is 43.1 Å². The summed E-state index contributed by atoms with van der Waals surface area (Å²) < 4.78 is 11.6.